The van der Waals surface area contributed by atoms with Crippen LogP contribution in [0.5, 0.6) is 5.75 Å². The van der Waals surface area contributed by atoms with E-state index in [0.717, 1.165) is 18.2 Å². The van der Waals surface area contributed by atoms with Crippen LogP contribution in [0, 0.1) is 25.5 Å². The van der Waals surface area contributed by atoms with Crippen molar-refractivity contribution in [3.05, 3.63) is 82.7 Å². The van der Waals surface area contributed by atoms with Crippen LogP contribution in [0.4, 0.5) is 17.6 Å². The Morgan fingerprint density at radius 3 is 2.12 bits per heavy atom. The highest BCUT2D eigenvalue weighted by molar-refractivity contribution is 6.02. The fraction of sp³-hybridized carbons (Fsp3) is 0.217. The normalized spacial score (nSPS) is 12.0. The van der Waals surface area contributed by atoms with E-state index in [2.05, 4.69) is 4.74 Å². The van der Waals surface area contributed by atoms with Crippen LogP contribution in [0.15, 0.2) is 48.5 Å². The minimum absolute atomic E-state index is 0.0107. The lowest BCUT2D eigenvalue weighted by Crippen LogP contribution is -2.26. The molecule has 1 unspecified atom stereocenters. The van der Waals surface area contributed by atoms with Crippen LogP contribution in [0.2, 0.25) is 0 Å². The average Bonchev–Trinajstić information content (AvgIpc) is 3.01. The van der Waals surface area contributed by atoms with E-state index in [-0.39, 0.29) is 11.3 Å². The number of aromatic nitrogens is 1. The molecule has 0 fully saturated rings. The smallest absolute Gasteiger partial charge is 0.387 e. The number of ketones is 1. The molecule has 0 spiro atoms. The van der Waals surface area contributed by atoms with E-state index in [1.54, 1.807) is 36.6 Å². The van der Waals surface area contributed by atoms with Gasteiger partial charge in [0.2, 0.25) is 5.78 Å². The first-order valence-electron chi connectivity index (χ1n) is 9.53. The number of rotatable bonds is 7. The van der Waals surface area contributed by atoms with Gasteiger partial charge in [-0.3, -0.25) is 4.79 Å². The van der Waals surface area contributed by atoms with Gasteiger partial charge in [-0.25, -0.2) is 13.6 Å². The Morgan fingerprint density at radius 1 is 0.969 bits per heavy atom. The van der Waals surface area contributed by atoms with E-state index >= 15 is 0 Å². The number of nitrogens with zero attached hydrogens (tertiary/aromatic N) is 1. The molecule has 1 heterocycles. The quantitative estimate of drug-likeness (QED) is 0.275. The molecule has 0 aliphatic carbocycles. The molecule has 0 N–H and O–H groups in total. The van der Waals surface area contributed by atoms with Crippen LogP contribution in [0.1, 0.15) is 39.0 Å². The fourth-order valence-corrected chi connectivity index (χ4v) is 3.37. The van der Waals surface area contributed by atoms with E-state index in [1.807, 2.05) is 0 Å². The first kappa shape index (κ1) is 23.1. The monoisotopic (exact) mass is 449 g/mol. The summed E-state index contributed by atoms with van der Waals surface area (Å²) in [6.45, 7) is 1.76. The lowest BCUT2D eigenvalue weighted by atomic mass is 10.1. The standard InChI is InChI=1S/C23H19F4NO4/c1-12-11-17(13(2)28(12)15-7-9-16(10-8-15)32-23(26)27)21(29)14(3)31-22(30)20-18(24)5-4-6-19(20)25/h4-11,14,23H,1-3H3. The third-order valence-corrected chi connectivity index (χ3v) is 4.84. The molecule has 0 amide bonds. The Bertz CT molecular complexity index is 1140. The molecule has 1 aromatic heterocycles. The SMILES string of the molecule is Cc1cc(C(=O)C(C)OC(=O)c2c(F)cccc2F)c(C)n1-c1ccc(OC(F)F)cc1. The molecule has 9 heteroatoms. The Labute approximate surface area is 181 Å². The average molecular weight is 449 g/mol. The number of carbonyl (C=O) groups excluding carboxylic acids is 2. The van der Waals surface area contributed by atoms with Crippen molar-refractivity contribution in [3.63, 3.8) is 0 Å². The van der Waals surface area contributed by atoms with Crippen molar-refractivity contribution >= 4 is 11.8 Å². The van der Waals surface area contributed by atoms with Gasteiger partial charge in [-0.1, -0.05) is 6.07 Å². The van der Waals surface area contributed by atoms with Crippen LogP contribution < -0.4 is 4.74 Å². The van der Waals surface area contributed by atoms with Gasteiger partial charge in [-0.15, -0.1) is 0 Å². The van der Waals surface area contributed by atoms with Crippen LogP contribution >= 0.6 is 0 Å². The zero-order valence-corrected chi connectivity index (χ0v) is 17.4. The highest BCUT2D eigenvalue weighted by Crippen LogP contribution is 2.25. The lowest BCUT2D eigenvalue weighted by Gasteiger charge is -2.14. The number of hydrogen-bond acceptors (Lipinski definition) is 4. The van der Waals surface area contributed by atoms with Gasteiger partial charge in [0.25, 0.3) is 0 Å². The van der Waals surface area contributed by atoms with Crippen molar-refractivity contribution in [3.8, 4) is 11.4 Å². The van der Waals surface area contributed by atoms with Gasteiger partial charge in [-0.05, 0) is 63.2 Å². The molecule has 0 saturated heterocycles. The zero-order chi connectivity index (χ0) is 23.6. The maximum atomic E-state index is 13.8. The number of halogens is 4. The molecular formula is C23H19F4NO4. The summed E-state index contributed by atoms with van der Waals surface area (Å²) in [7, 11) is 0. The van der Waals surface area contributed by atoms with Gasteiger partial charge in [0.05, 0.1) is 0 Å². The van der Waals surface area contributed by atoms with Gasteiger partial charge < -0.3 is 14.0 Å². The molecule has 0 aliphatic heterocycles. The first-order chi connectivity index (χ1) is 15.1. The molecule has 2 aromatic carbocycles. The van der Waals surface area contributed by atoms with Crippen molar-refractivity contribution in [2.24, 2.45) is 0 Å². The van der Waals surface area contributed by atoms with E-state index in [9.17, 15) is 27.2 Å². The number of Topliss-reactive ketones (excluding diaryl/α,β-unsaturated/α-hetero) is 1. The molecule has 5 nitrogen and oxygen atoms in total. The lowest BCUT2D eigenvalue weighted by molar-refractivity contribution is -0.0498. The first-order valence-corrected chi connectivity index (χ1v) is 9.53. The summed E-state index contributed by atoms with van der Waals surface area (Å²) < 4.78 is 63.3. The molecule has 3 aromatic rings. The van der Waals surface area contributed by atoms with Crippen LogP contribution in [-0.2, 0) is 4.74 Å². The van der Waals surface area contributed by atoms with Crippen molar-refractivity contribution in [2.45, 2.75) is 33.5 Å². The summed E-state index contributed by atoms with van der Waals surface area (Å²) in [5.74, 6) is -4.04. The van der Waals surface area contributed by atoms with E-state index in [1.165, 1.54) is 19.1 Å². The molecule has 168 valence electrons. The maximum Gasteiger partial charge on any atom is 0.387 e. The van der Waals surface area contributed by atoms with Crippen molar-refractivity contribution in [1.29, 1.82) is 0 Å². The van der Waals surface area contributed by atoms with E-state index < -0.39 is 41.7 Å². The van der Waals surface area contributed by atoms with Crippen molar-refractivity contribution in [2.75, 3.05) is 0 Å². The predicted molar refractivity (Wildman–Crippen MR) is 107 cm³/mol. The van der Waals surface area contributed by atoms with Gasteiger partial charge in [0.1, 0.15) is 22.9 Å². The minimum atomic E-state index is -2.94. The Kier molecular flexibility index (Phi) is 6.67. The summed E-state index contributed by atoms with van der Waals surface area (Å²) >= 11 is 0. The molecule has 0 saturated carbocycles. The highest BCUT2D eigenvalue weighted by Gasteiger charge is 2.27. The Morgan fingerprint density at radius 2 is 1.56 bits per heavy atom. The van der Waals surface area contributed by atoms with Gasteiger partial charge in [0, 0.05) is 22.6 Å². The van der Waals surface area contributed by atoms with Crippen molar-refractivity contribution < 1.29 is 36.6 Å². The van der Waals surface area contributed by atoms with E-state index in [0.29, 0.717) is 17.1 Å². The molecule has 0 bridgehead atoms. The molecular weight excluding hydrogens is 430 g/mol. The summed E-state index contributed by atoms with van der Waals surface area (Å²) in [5.41, 5.74) is 1.13. The van der Waals surface area contributed by atoms with Gasteiger partial charge >= 0.3 is 12.6 Å². The number of carbonyl (C=O) groups is 2. The second kappa shape index (κ2) is 9.25. The molecule has 3 rings (SSSR count). The second-order valence-electron chi connectivity index (χ2n) is 7.00. The van der Waals surface area contributed by atoms with Crippen LogP contribution in [-0.4, -0.2) is 29.0 Å². The number of aryl methyl sites for hydroxylation is 1. The fourth-order valence-electron chi connectivity index (χ4n) is 3.37. The number of hydrogen-bond donors (Lipinski definition) is 0. The van der Waals surface area contributed by atoms with E-state index in [4.69, 9.17) is 4.74 Å². The van der Waals surface area contributed by atoms with Gasteiger partial charge in [-0.2, -0.15) is 8.78 Å². The molecule has 1 atom stereocenters. The molecule has 32 heavy (non-hydrogen) atoms. The minimum Gasteiger partial charge on any atom is -0.451 e. The third-order valence-electron chi connectivity index (χ3n) is 4.84. The number of ether oxygens (including phenoxy) is 2. The van der Waals surface area contributed by atoms with Crippen LogP contribution in [0.25, 0.3) is 5.69 Å². The molecule has 0 aliphatic rings. The largest absolute Gasteiger partial charge is 0.451 e. The summed E-state index contributed by atoms with van der Waals surface area (Å²) in [6, 6.07) is 10.4. The van der Waals surface area contributed by atoms with Gasteiger partial charge in [0.15, 0.2) is 6.10 Å². The zero-order valence-electron chi connectivity index (χ0n) is 17.4. The summed E-state index contributed by atoms with van der Waals surface area (Å²) in [5, 5.41) is 0. The topological polar surface area (TPSA) is 57.5 Å². The summed E-state index contributed by atoms with van der Waals surface area (Å²) in [4.78, 5) is 25.1. The number of alkyl halides is 2. The number of benzene rings is 2. The summed E-state index contributed by atoms with van der Waals surface area (Å²) in [6.07, 6.45) is -1.31. The Balaban J connectivity index is 1.83. The second-order valence-corrected chi connectivity index (χ2v) is 7.00. The van der Waals surface area contributed by atoms with Crippen molar-refractivity contribution in [1.82, 2.24) is 4.57 Å². The maximum absolute atomic E-state index is 13.8. The Hall–Kier alpha value is -3.62. The third kappa shape index (κ3) is 4.66. The number of esters is 1. The predicted octanol–water partition coefficient (Wildman–Crippen LogP) is 5.40. The highest BCUT2D eigenvalue weighted by atomic mass is 19.3. The van der Waals surface area contributed by atoms with Crippen LogP contribution in [0.3, 0.4) is 0 Å². The molecule has 0 radical (unpaired) electrons.